The monoisotopic (exact) mass is 481 g/mol. The topological polar surface area (TPSA) is 82.1 Å². The second kappa shape index (κ2) is 12.1. The number of carbonyl (C=O) groups excluding carboxylic acids is 3. The summed E-state index contributed by atoms with van der Waals surface area (Å²) in [7, 11) is 0. The van der Waals surface area contributed by atoms with E-state index in [0.717, 1.165) is 27.8 Å². The Hall–Kier alpha value is -3.52. The summed E-state index contributed by atoms with van der Waals surface area (Å²) in [6.45, 7) is 7.94. The van der Waals surface area contributed by atoms with Crippen molar-refractivity contribution in [3.63, 3.8) is 0 Å². The van der Waals surface area contributed by atoms with Crippen molar-refractivity contribution in [2.24, 2.45) is 0 Å². The molecule has 7 nitrogen and oxygen atoms in total. The van der Waals surface area contributed by atoms with Crippen molar-refractivity contribution < 1.29 is 28.6 Å². The SMILES string of the molecule is C=CCc1cc(/C=C2/SC(=O)N(CC(=O)OCC)C2=O)cc(OCC)c1OCc1ccccc1. The summed E-state index contributed by atoms with van der Waals surface area (Å²) >= 11 is 0.785. The number of benzene rings is 2. The number of rotatable bonds is 11. The first-order chi connectivity index (χ1) is 16.5. The smallest absolute Gasteiger partial charge is 0.326 e. The lowest BCUT2D eigenvalue weighted by atomic mass is 10.0. The molecule has 34 heavy (non-hydrogen) atoms. The molecule has 0 saturated carbocycles. The highest BCUT2D eigenvalue weighted by Gasteiger charge is 2.36. The van der Waals surface area contributed by atoms with E-state index in [1.165, 1.54) is 0 Å². The summed E-state index contributed by atoms with van der Waals surface area (Å²) in [5, 5.41) is -0.511. The molecule has 0 spiro atoms. The fourth-order valence-corrected chi connectivity index (χ4v) is 4.19. The molecule has 8 heteroatoms. The average molecular weight is 482 g/mol. The Morgan fingerprint density at radius 3 is 2.53 bits per heavy atom. The van der Waals surface area contributed by atoms with Crippen molar-refractivity contribution in [2.75, 3.05) is 19.8 Å². The van der Waals surface area contributed by atoms with Crippen molar-refractivity contribution in [2.45, 2.75) is 26.9 Å². The number of hydrogen-bond donors (Lipinski definition) is 0. The zero-order valence-electron chi connectivity index (χ0n) is 19.2. The normalized spacial score (nSPS) is 14.4. The van der Waals surface area contributed by atoms with Crippen LogP contribution in [-0.4, -0.2) is 41.8 Å². The number of imide groups is 1. The van der Waals surface area contributed by atoms with Gasteiger partial charge < -0.3 is 14.2 Å². The van der Waals surface area contributed by atoms with Crippen molar-refractivity contribution in [3.05, 3.63) is 76.7 Å². The van der Waals surface area contributed by atoms with Crippen molar-refractivity contribution in [3.8, 4) is 11.5 Å². The number of ether oxygens (including phenoxy) is 3. The number of hydrogen-bond acceptors (Lipinski definition) is 7. The summed E-state index contributed by atoms with van der Waals surface area (Å²) in [5.41, 5.74) is 2.54. The second-order valence-corrected chi connectivity index (χ2v) is 8.27. The highest BCUT2D eigenvalue weighted by atomic mass is 32.2. The third kappa shape index (κ3) is 6.29. The summed E-state index contributed by atoms with van der Waals surface area (Å²) in [6.07, 6.45) is 3.90. The molecule has 0 bridgehead atoms. The fraction of sp³-hybridized carbons (Fsp3) is 0.269. The van der Waals surface area contributed by atoms with E-state index in [0.29, 0.717) is 36.7 Å². The van der Waals surface area contributed by atoms with Crippen LogP contribution >= 0.6 is 11.8 Å². The quantitative estimate of drug-likeness (QED) is 0.254. The molecule has 1 fully saturated rings. The van der Waals surface area contributed by atoms with E-state index < -0.39 is 23.7 Å². The van der Waals surface area contributed by atoms with E-state index in [1.54, 1.807) is 25.1 Å². The molecule has 0 aromatic heterocycles. The van der Waals surface area contributed by atoms with E-state index in [1.807, 2.05) is 43.3 Å². The predicted molar refractivity (Wildman–Crippen MR) is 132 cm³/mol. The van der Waals surface area contributed by atoms with Gasteiger partial charge in [0.2, 0.25) is 0 Å². The Balaban J connectivity index is 1.90. The molecule has 1 heterocycles. The number of esters is 1. The van der Waals surface area contributed by atoms with Crippen molar-refractivity contribution >= 4 is 35.0 Å². The first kappa shape index (κ1) is 25.1. The van der Waals surface area contributed by atoms with Crippen LogP contribution in [0.3, 0.4) is 0 Å². The molecular formula is C26H27NO6S. The molecule has 1 aliphatic heterocycles. The van der Waals surface area contributed by atoms with E-state index in [2.05, 4.69) is 6.58 Å². The van der Waals surface area contributed by atoms with Gasteiger partial charge in [0.05, 0.1) is 18.1 Å². The standard InChI is InChI=1S/C26H27NO6S/c1-4-10-20-13-19(15-22-25(29)27(26(30)34-22)16-23(28)32-6-3)14-21(31-5-2)24(20)33-17-18-11-8-7-9-12-18/h4,7-9,11-15H,1,5-6,10,16-17H2,2-3H3/b22-15+. The van der Waals surface area contributed by atoms with Crippen LogP contribution in [0.25, 0.3) is 6.08 Å². The van der Waals surface area contributed by atoms with Crippen LogP contribution in [0.15, 0.2) is 60.0 Å². The molecule has 2 amide bonds. The van der Waals surface area contributed by atoms with Gasteiger partial charge in [-0.3, -0.25) is 19.3 Å². The van der Waals surface area contributed by atoms with Gasteiger partial charge in [0.15, 0.2) is 11.5 Å². The molecule has 0 aliphatic carbocycles. The molecule has 2 aromatic rings. The van der Waals surface area contributed by atoms with Gasteiger partial charge in [0.1, 0.15) is 13.2 Å². The van der Waals surface area contributed by atoms with E-state index in [-0.39, 0.29) is 11.5 Å². The molecule has 0 radical (unpaired) electrons. The maximum absolute atomic E-state index is 12.7. The fourth-order valence-electron chi connectivity index (χ4n) is 3.35. The molecule has 178 valence electrons. The van der Waals surface area contributed by atoms with Crippen LogP contribution in [-0.2, 0) is 27.4 Å². The van der Waals surface area contributed by atoms with Crippen LogP contribution in [0.5, 0.6) is 11.5 Å². The van der Waals surface area contributed by atoms with Crippen molar-refractivity contribution in [1.29, 1.82) is 0 Å². The van der Waals surface area contributed by atoms with E-state index in [4.69, 9.17) is 14.2 Å². The van der Waals surface area contributed by atoms with Crippen LogP contribution in [0.2, 0.25) is 0 Å². The lowest BCUT2D eigenvalue weighted by Crippen LogP contribution is -2.34. The third-order valence-corrected chi connectivity index (χ3v) is 5.72. The minimum Gasteiger partial charge on any atom is -0.490 e. The molecule has 1 aliphatic rings. The van der Waals surface area contributed by atoms with Gasteiger partial charge in [-0.2, -0.15) is 0 Å². The van der Waals surface area contributed by atoms with E-state index in [9.17, 15) is 14.4 Å². The summed E-state index contributed by atoms with van der Waals surface area (Å²) in [5.74, 6) is -0.0125. The lowest BCUT2D eigenvalue weighted by Gasteiger charge is -2.17. The van der Waals surface area contributed by atoms with Gasteiger partial charge in [-0.05, 0) is 61.4 Å². The van der Waals surface area contributed by atoms with Crippen LogP contribution < -0.4 is 9.47 Å². The van der Waals surface area contributed by atoms with Gasteiger partial charge in [-0.25, -0.2) is 0 Å². The minimum absolute atomic E-state index is 0.176. The number of allylic oxidation sites excluding steroid dienone is 1. The first-order valence-electron chi connectivity index (χ1n) is 10.9. The summed E-state index contributed by atoms with van der Waals surface area (Å²) < 4.78 is 16.8. The van der Waals surface area contributed by atoms with E-state index >= 15 is 0 Å². The Morgan fingerprint density at radius 2 is 1.85 bits per heavy atom. The third-order valence-electron chi connectivity index (χ3n) is 4.81. The molecule has 2 aromatic carbocycles. The van der Waals surface area contributed by atoms with Gasteiger partial charge in [0, 0.05) is 5.56 Å². The molecule has 0 unspecified atom stereocenters. The highest BCUT2D eigenvalue weighted by molar-refractivity contribution is 8.18. The Bertz CT molecular complexity index is 1100. The van der Waals surface area contributed by atoms with Crippen LogP contribution in [0.4, 0.5) is 4.79 Å². The zero-order chi connectivity index (χ0) is 24.5. The minimum atomic E-state index is -0.627. The van der Waals surface area contributed by atoms with Gasteiger partial charge in [0.25, 0.3) is 11.1 Å². The highest BCUT2D eigenvalue weighted by Crippen LogP contribution is 2.37. The second-order valence-electron chi connectivity index (χ2n) is 7.28. The lowest BCUT2D eigenvalue weighted by molar-refractivity contribution is -0.145. The van der Waals surface area contributed by atoms with Gasteiger partial charge in [-0.15, -0.1) is 6.58 Å². The first-order valence-corrected chi connectivity index (χ1v) is 11.8. The van der Waals surface area contributed by atoms with Crippen molar-refractivity contribution in [1.82, 2.24) is 4.90 Å². The summed E-state index contributed by atoms with van der Waals surface area (Å²) in [4.78, 5) is 37.9. The average Bonchev–Trinajstić information content (AvgIpc) is 3.07. The number of amides is 2. The largest absolute Gasteiger partial charge is 0.490 e. The zero-order valence-corrected chi connectivity index (χ0v) is 20.1. The number of carbonyl (C=O) groups is 3. The molecule has 0 N–H and O–H groups in total. The predicted octanol–water partition coefficient (Wildman–Crippen LogP) is 4.99. The number of nitrogens with zero attached hydrogens (tertiary/aromatic N) is 1. The maximum atomic E-state index is 12.7. The molecule has 1 saturated heterocycles. The Kier molecular flexibility index (Phi) is 8.93. The Morgan fingerprint density at radius 1 is 1.09 bits per heavy atom. The van der Waals surface area contributed by atoms with Gasteiger partial charge in [-0.1, -0.05) is 36.4 Å². The van der Waals surface area contributed by atoms with Crippen LogP contribution in [0, 0.1) is 0 Å². The maximum Gasteiger partial charge on any atom is 0.326 e. The molecule has 3 rings (SSSR count). The summed E-state index contributed by atoms with van der Waals surface area (Å²) in [6, 6.07) is 13.5. The molecule has 0 atom stereocenters. The Labute approximate surface area is 203 Å². The number of thioether (sulfide) groups is 1. The molecular weight excluding hydrogens is 454 g/mol. The van der Waals surface area contributed by atoms with Gasteiger partial charge >= 0.3 is 5.97 Å². The van der Waals surface area contributed by atoms with Crippen LogP contribution in [0.1, 0.15) is 30.5 Å².